The van der Waals surface area contributed by atoms with Crippen LogP contribution in [0.3, 0.4) is 0 Å². The van der Waals surface area contributed by atoms with Crippen molar-refractivity contribution in [3.63, 3.8) is 0 Å². The van der Waals surface area contributed by atoms with Gasteiger partial charge in [-0.15, -0.1) is 0 Å². The Kier molecular flexibility index (Phi) is 5.15. The predicted octanol–water partition coefficient (Wildman–Crippen LogP) is 4.53. The van der Waals surface area contributed by atoms with Crippen molar-refractivity contribution in [3.8, 4) is 11.3 Å². The predicted molar refractivity (Wildman–Crippen MR) is 107 cm³/mol. The van der Waals surface area contributed by atoms with Gasteiger partial charge in [0.1, 0.15) is 11.1 Å². The van der Waals surface area contributed by atoms with E-state index in [0.717, 1.165) is 5.56 Å². The van der Waals surface area contributed by atoms with Gasteiger partial charge < -0.3 is 9.64 Å². The monoisotopic (exact) mass is 421 g/mol. The Morgan fingerprint density at radius 3 is 2.50 bits per heavy atom. The van der Waals surface area contributed by atoms with Crippen LogP contribution < -0.4 is 0 Å². The second-order valence-corrected chi connectivity index (χ2v) is 8.90. The summed E-state index contributed by atoms with van der Waals surface area (Å²) in [6, 6.07) is 5.37. The number of benzene rings is 1. The van der Waals surface area contributed by atoms with Gasteiger partial charge in [0, 0.05) is 17.7 Å². The van der Waals surface area contributed by atoms with E-state index >= 15 is 0 Å². The van der Waals surface area contributed by atoms with Crippen LogP contribution in [0.1, 0.15) is 50.5 Å². The van der Waals surface area contributed by atoms with Gasteiger partial charge in [-0.1, -0.05) is 23.7 Å². The van der Waals surface area contributed by atoms with Crippen LogP contribution in [0.5, 0.6) is 0 Å². The topological polar surface area (TPSA) is 72.4 Å². The van der Waals surface area contributed by atoms with E-state index in [4.69, 9.17) is 27.9 Å². The largest absolute Gasteiger partial charge is 0.458 e. The van der Waals surface area contributed by atoms with Crippen molar-refractivity contribution < 1.29 is 14.3 Å². The van der Waals surface area contributed by atoms with Gasteiger partial charge in [0.15, 0.2) is 0 Å². The maximum Gasteiger partial charge on any atom is 0.332 e. The fraction of sp³-hybridized carbons (Fsp3) is 0.400. The number of carbonyl (C=O) groups excluding carboxylic acids is 2. The van der Waals surface area contributed by atoms with Crippen molar-refractivity contribution in [1.29, 1.82) is 0 Å². The first kappa shape index (κ1) is 20.6. The molecule has 8 heteroatoms. The van der Waals surface area contributed by atoms with Crippen LogP contribution in [-0.4, -0.2) is 37.9 Å². The molecular formula is C20H21Cl2N3O3. The third kappa shape index (κ3) is 3.84. The van der Waals surface area contributed by atoms with Gasteiger partial charge in [0.2, 0.25) is 5.28 Å². The summed E-state index contributed by atoms with van der Waals surface area (Å²) in [7, 11) is 0. The summed E-state index contributed by atoms with van der Waals surface area (Å²) >= 11 is 12.1. The fourth-order valence-electron chi connectivity index (χ4n) is 2.96. The molecule has 1 aliphatic rings. The summed E-state index contributed by atoms with van der Waals surface area (Å²) in [6.45, 7) is 9.08. The number of rotatable bonds is 3. The van der Waals surface area contributed by atoms with E-state index in [1.54, 1.807) is 40.7 Å². The molecule has 1 amide bonds. The van der Waals surface area contributed by atoms with E-state index in [9.17, 15) is 9.59 Å². The lowest BCUT2D eigenvalue weighted by Gasteiger charge is -2.35. The van der Waals surface area contributed by atoms with Gasteiger partial charge in [-0.2, -0.15) is 0 Å². The lowest BCUT2D eigenvalue weighted by Crippen LogP contribution is -2.52. The van der Waals surface area contributed by atoms with Gasteiger partial charge in [-0.25, -0.2) is 14.8 Å². The minimum atomic E-state index is -1.11. The Morgan fingerprint density at radius 1 is 1.18 bits per heavy atom. The normalized spacial score (nSPS) is 14.2. The number of esters is 1. The molecule has 0 bridgehead atoms. The number of carbonyl (C=O) groups is 2. The first-order chi connectivity index (χ1) is 12.9. The van der Waals surface area contributed by atoms with Crippen LogP contribution in [0.15, 0.2) is 24.4 Å². The lowest BCUT2D eigenvalue weighted by molar-refractivity contribution is -0.166. The molecule has 3 rings (SSSR count). The highest BCUT2D eigenvalue weighted by atomic mass is 35.5. The van der Waals surface area contributed by atoms with Gasteiger partial charge in [0.25, 0.3) is 5.91 Å². The third-order valence-electron chi connectivity index (χ3n) is 4.48. The minimum absolute atomic E-state index is 0.0684. The first-order valence-corrected chi connectivity index (χ1v) is 9.52. The zero-order valence-electron chi connectivity index (χ0n) is 16.3. The molecule has 0 unspecified atom stereocenters. The molecule has 0 radical (unpaired) electrons. The van der Waals surface area contributed by atoms with Crippen LogP contribution >= 0.6 is 23.2 Å². The number of aromatic nitrogens is 2. The second-order valence-electron chi connectivity index (χ2n) is 8.16. The Morgan fingerprint density at radius 2 is 1.86 bits per heavy atom. The minimum Gasteiger partial charge on any atom is -0.458 e. The van der Waals surface area contributed by atoms with Crippen LogP contribution in [0.2, 0.25) is 10.3 Å². The van der Waals surface area contributed by atoms with Gasteiger partial charge in [-0.3, -0.25) is 4.79 Å². The molecule has 0 saturated carbocycles. The maximum atomic E-state index is 13.1. The summed E-state index contributed by atoms with van der Waals surface area (Å²) in [5.74, 6) is -0.698. The fourth-order valence-corrected chi connectivity index (χ4v) is 3.29. The molecule has 0 aliphatic carbocycles. The van der Waals surface area contributed by atoms with Crippen LogP contribution in [-0.2, 0) is 16.1 Å². The number of amides is 1. The van der Waals surface area contributed by atoms with Crippen LogP contribution in [0.25, 0.3) is 11.3 Å². The molecule has 0 saturated heterocycles. The summed E-state index contributed by atoms with van der Waals surface area (Å²) in [6.07, 6.45) is 1.42. The van der Waals surface area contributed by atoms with E-state index in [1.807, 2.05) is 12.1 Å². The van der Waals surface area contributed by atoms with Crippen molar-refractivity contribution >= 4 is 35.1 Å². The molecule has 0 spiro atoms. The van der Waals surface area contributed by atoms with E-state index in [1.165, 1.54) is 11.1 Å². The molecule has 0 fully saturated rings. The summed E-state index contributed by atoms with van der Waals surface area (Å²) in [5.41, 5.74) is 0.668. The van der Waals surface area contributed by atoms with Crippen molar-refractivity contribution in [3.05, 3.63) is 45.8 Å². The van der Waals surface area contributed by atoms with Crippen LogP contribution in [0, 0.1) is 0 Å². The average Bonchev–Trinajstić information content (AvgIpc) is 2.92. The molecule has 1 aromatic heterocycles. The Hall–Kier alpha value is -2.18. The number of hydrogen-bond acceptors (Lipinski definition) is 5. The van der Waals surface area contributed by atoms with E-state index in [2.05, 4.69) is 9.97 Å². The SMILES string of the molecule is CC(C)(C)OC(=O)C(C)(C)N1Cc2ccc(-c3nc(Cl)ncc3Cl)cc2C1=O. The van der Waals surface area contributed by atoms with E-state index in [-0.39, 0.29) is 11.2 Å². The Labute approximate surface area is 173 Å². The molecule has 28 heavy (non-hydrogen) atoms. The molecule has 148 valence electrons. The molecule has 1 aliphatic heterocycles. The van der Waals surface area contributed by atoms with E-state index < -0.39 is 17.1 Å². The second kappa shape index (κ2) is 7.01. The molecule has 0 atom stereocenters. The average molecular weight is 422 g/mol. The van der Waals surface area contributed by atoms with E-state index in [0.29, 0.717) is 28.4 Å². The van der Waals surface area contributed by atoms with Gasteiger partial charge in [0.05, 0.1) is 16.9 Å². The van der Waals surface area contributed by atoms with Crippen molar-refractivity contribution in [2.45, 2.75) is 52.3 Å². The van der Waals surface area contributed by atoms with Crippen molar-refractivity contribution in [1.82, 2.24) is 14.9 Å². The number of hydrogen-bond donors (Lipinski definition) is 0. The highest BCUT2D eigenvalue weighted by molar-refractivity contribution is 6.33. The number of fused-ring (bicyclic) bond motifs is 1. The molecule has 6 nitrogen and oxygen atoms in total. The highest BCUT2D eigenvalue weighted by Crippen LogP contribution is 2.35. The highest BCUT2D eigenvalue weighted by Gasteiger charge is 2.44. The zero-order chi connectivity index (χ0) is 20.9. The lowest BCUT2D eigenvalue weighted by atomic mass is 10.0. The van der Waals surface area contributed by atoms with Gasteiger partial charge in [-0.05, 0) is 57.8 Å². The Bertz CT molecular complexity index is 968. The van der Waals surface area contributed by atoms with Crippen molar-refractivity contribution in [2.24, 2.45) is 0 Å². The van der Waals surface area contributed by atoms with Crippen LogP contribution in [0.4, 0.5) is 0 Å². The molecule has 1 aromatic carbocycles. The molecule has 2 aromatic rings. The summed E-state index contributed by atoms with van der Waals surface area (Å²) < 4.78 is 5.50. The quantitative estimate of drug-likeness (QED) is 0.537. The smallest absolute Gasteiger partial charge is 0.332 e. The Balaban J connectivity index is 1.94. The zero-order valence-corrected chi connectivity index (χ0v) is 17.9. The third-order valence-corrected chi connectivity index (χ3v) is 4.93. The summed E-state index contributed by atoms with van der Waals surface area (Å²) in [4.78, 5) is 35.3. The number of ether oxygens (including phenoxy) is 1. The summed E-state index contributed by atoms with van der Waals surface area (Å²) in [5, 5.41) is 0.402. The first-order valence-electron chi connectivity index (χ1n) is 8.77. The number of halogens is 2. The molecule has 2 heterocycles. The molecule has 0 N–H and O–H groups in total. The van der Waals surface area contributed by atoms with Gasteiger partial charge >= 0.3 is 5.97 Å². The standard InChI is InChI=1S/C20H21Cl2N3O3/c1-19(2,3)28-17(27)20(4,5)25-10-12-7-6-11(8-13(12)16(25)26)15-14(21)9-23-18(22)24-15/h6-9H,10H2,1-5H3. The van der Waals surface area contributed by atoms with Crippen molar-refractivity contribution in [2.75, 3.05) is 0 Å². The molecular weight excluding hydrogens is 401 g/mol. The maximum absolute atomic E-state index is 13.1. The number of nitrogens with zero attached hydrogens (tertiary/aromatic N) is 3.